The largest absolute Gasteiger partial charge is 0.465 e. The number of rotatable bonds is 2. The van der Waals surface area contributed by atoms with E-state index in [9.17, 15) is 9.90 Å². The summed E-state index contributed by atoms with van der Waals surface area (Å²) >= 11 is 5.48. The van der Waals surface area contributed by atoms with Crippen molar-refractivity contribution in [2.45, 2.75) is 58.5 Å². The Morgan fingerprint density at radius 3 is 2.17 bits per heavy atom. The molecule has 1 rings (SSSR count). The highest BCUT2D eigenvalue weighted by Crippen LogP contribution is 2.21. The summed E-state index contributed by atoms with van der Waals surface area (Å²) in [6.07, 6.45) is 2.63. The third kappa shape index (κ3) is 3.57. The molecule has 104 valence electrons. The molecule has 0 aromatic heterocycles. The Kier molecular flexibility index (Phi) is 4.96. The van der Waals surface area contributed by atoms with Crippen molar-refractivity contribution in [3.8, 4) is 0 Å². The Morgan fingerprint density at radius 2 is 1.78 bits per heavy atom. The van der Waals surface area contributed by atoms with Gasteiger partial charge in [0.15, 0.2) is 0 Å². The molecule has 1 amide bonds. The fourth-order valence-corrected chi connectivity index (χ4v) is 2.81. The van der Waals surface area contributed by atoms with Crippen LogP contribution < -0.4 is 0 Å². The minimum atomic E-state index is -0.908. The van der Waals surface area contributed by atoms with Gasteiger partial charge in [0, 0.05) is 18.6 Å². The standard InChI is InChI=1S/C13H24N2O2S/c1-10(15(12(16)17)13(2,3)4)11(18)14-8-6-5-7-9-14/h10H,5-9H2,1-4H3,(H,16,17). The van der Waals surface area contributed by atoms with E-state index in [1.807, 2.05) is 27.7 Å². The molecule has 0 spiro atoms. The molecule has 1 aliphatic rings. The van der Waals surface area contributed by atoms with Gasteiger partial charge in [0.25, 0.3) is 0 Å². The van der Waals surface area contributed by atoms with Crippen LogP contribution in [0.25, 0.3) is 0 Å². The van der Waals surface area contributed by atoms with Crippen molar-refractivity contribution in [2.75, 3.05) is 13.1 Å². The molecule has 1 unspecified atom stereocenters. The maximum atomic E-state index is 11.4. The van der Waals surface area contributed by atoms with Crippen LogP contribution in [0, 0.1) is 0 Å². The number of hydrogen-bond donors (Lipinski definition) is 1. The molecule has 0 aromatic rings. The molecule has 1 heterocycles. The molecule has 4 nitrogen and oxygen atoms in total. The molecule has 0 aliphatic carbocycles. The molecule has 0 saturated carbocycles. The fraction of sp³-hybridized carbons (Fsp3) is 0.846. The van der Waals surface area contributed by atoms with Gasteiger partial charge in [-0.15, -0.1) is 0 Å². The quantitative estimate of drug-likeness (QED) is 0.785. The topological polar surface area (TPSA) is 43.8 Å². The molecule has 5 heteroatoms. The first-order valence-electron chi connectivity index (χ1n) is 6.56. The van der Waals surface area contributed by atoms with Crippen LogP contribution in [0.4, 0.5) is 4.79 Å². The van der Waals surface area contributed by atoms with E-state index in [4.69, 9.17) is 12.2 Å². The maximum Gasteiger partial charge on any atom is 0.408 e. The van der Waals surface area contributed by atoms with Gasteiger partial charge < -0.3 is 10.0 Å². The van der Waals surface area contributed by atoms with Crippen molar-refractivity contribution >= 4 is 23.3 Å². The van der Waals surface area contributed by atoms with E-state index in [0.717, 1.165) is 30.9 Å². The lowest BCUT2D eigenvalue weighted by atomic mass is 10.0. The normalized spacial score (nSPS) is 18.3. The monoisotopic (exact) mass is 272 g/mol. The average Bonchev–Trinajstić information content (AvgIpc) is 2.26. The molecule has 18 heavy (non-hydrogen) atoms. The first-order valence-corrected chi connectivity index (χ1v) is 6.97. The lowest BCUT2D eigenvalue weighted by molar-refractivity contribution is 0.0892. The molecule has 1 aliphatic heterocycles. The highest BCUT2D eigenvalue weighted by molar-refractivity contribution is 7.80. The summed E-state index contributed by atoms with van der Waals surface area (Å²) < 4.78 is 0. The number of carboxylic acid groups (broad SMARTS) is 1. The molecule has 1 saturated heterocycles. The van der Waals surface area contributed by atoms with Crippen molar-refractivity contribution in [1.29, 1.82) is 0 Å². The first-order chi connectivity index (χ1) is 8.25. The molecule has 1 N–H and O–H groups in total. The fourth-order valence-electron chi connectivity index (χ4n) is 2.52. The summed E-state index contributed by atoms with van der Waals surface area (Å²) in [5, 5.41) is 9.37. The Bertz CT molecular complexity index is 319. The Morgan fingerprint density at radius 1 is 1.28 bits per heavy atom. The predicted molar refractivity (Wildman–Crippen MR) is 77.1 cm³/mol. The number of thiocarbonyl (C=S) groups is 1. The summed E-state index contributed by atoms with van der Waals surface area (Å²) in [6.45, 7) is 9.50. The zero-order valence-electron chi connectivity index (χ0n) is 11.8. The summed E-state index contributed by atoms with van der Waals surface area (Å²) in [5.74, 6) is 0. The van der Waals surface area contributed by atoms with Crippen LogP contribution in [-0.2, 0) is 0 Å². The summed E-state index contributed by atoms with van der Waals surface area (Å²) in [6, 6.07) is -0.254. The lowest BCUT2D eigenvalue weighted by Crippen LogP contribution is -2.56. The van der Waals surface area contributed by atoms with E-state index in [1.165, 1.54) is 11.3 Å². The van der Waals surface area contributed by atoms with E-state index in [1.54, 1.807) is 0 Å². The van der Waals surface area contributed by atoms with Crippen LogP contribution in [0.2, 0.25) is 0 Å². The van der Waals surface area contributed by atoms with Crippen LogP contribution in [0.1, 0.15) is 47.0 Å². The highest BCUT2D eigenvalue weighted by atomic mass is 32.1. The van der Waals surface area contributed by atoms with Gasteiger partial charge in [-0.1, -0.05) is 12.2 Å². The number of hydrogen-bond acceptors (Lipinski definition) is 2. The van der Waals surface area contributed by atoms with E-state index in [-0.39, 0.29) is 6.04 Å². The Hall–Kier alpha value is -0.840. The van der Waals surface area contributed by atoms with E-state index in [2.05, 4.69) is 4.90 Å². The molecular formula is C13H24N2O2S. The number of nitrogens with zero attached hydrogens (tertiary/aromatic N) is 2. The molecule has 0 aromatic carbocycles. The molecule has 1 atom stereocenters. The van der Waals surface area contributed by atoms with Gasteiger partial charge in [0.05, 0.1) is 6.04 Å². The molecule has 0 radical (unpaired) electrons. The van der Waals surface area contributed by atoms with Crippen molar-refractivity contribution in [3.05, 3.63) is 0 Å². The second-order valence-electron chi connectivity index (χ2n) is 5.89. The van der Waals surface area contributed by atoms with Gasteiger partial charge in [0.2, 0.25) is 0 Å². The predicted octanol–water partition coefficient (Wildman–Crippen LogP) is 2.97. The summed E-state index contributed by atoms with van der Waals surface area (Å²) in [7, 11) is 0. The van der Waals surface area contributed by atoms with Crippen molar-refractivity contribution < 1.29 is 9.90 Å². The number of piperidine rings is 1. The van der Waals surface area contributed by atoms with Crippen molar-refractivity contribution in [1.82, 2.24) is 9.80 Å². The third-order valence-electron chi connectivity index (χ3n) is 3.34. The van der Waals surface area contributed by atoms with E-state index >= 15 is 0 Å². The van der Waals surface area contributed by atoms with E-state index < -0.39 is 11.6 Å². The zero-order valence-corrected chi connectivity index (χ0v) is 12.6. The SMILES string of the molecule is CC(C(=S)N1CCCCC1)N(C(=O)O)C(C)(C)C. The second kappa shape index (κ2) is 5.87. The lowest BCUT2D eigenvalue weighted by Gasteiger charge is -2.41. The summed E-state index contributed by atoms with van der Waals surface area (Å²) in [5.41, 5.74) is -0.439. The number of likely N-dealkylation sites (tertiary alicyclic amines) is 1. The third-order valence-corrected chi connectivity index (χ3v) is 3.94. The first kappa shape index (κ1) is 15.2. The van der Waals surface area contributed by atoms with Crippen LogP contribution in [0.5, 0.6) is 0 Å². The van der Waals surface area contributed by atoms with E-state index in [0.29, 0.717) is 0 Å². The van der Waals surface area contributed by atoms with Gasteiger partial charge in [-0.25, -0.2) is 4.79 Å². The van der Waals surface area contributed by atoms with Gasteiger partial charge in [-0.2, -0.15) is 0 Å². The second-order valence-corrected chi connectivity index (χ2v) is 6.30. The van der Waals surface area contributed by atoms with Gasteiger partial charge in [-0.05, 0) is 47.0 Å². The highest BCUT2D eigenvalue weighted by Gasteiger charge is 2.34. The molecule has 1 fully saturated rings. The van der Waals surface area contributed by atoms with Gasteiger partial charge >= 0.3 is 6.09 Å². The summed E-state index contributed by atoms with van der Waals surface area (Å²) in [4.78, 5) is 15.8. The Labute approximate surface area is 115 Å². The smallest absolute Gasteiger partial charge is 0.408 e. The van der Waals surface area contributed by atoms with Crippen LogP contribution in [0.3, 0.4) is 0 Å². The van der Waals surface area contributed by atoms with Crippen LogP contribution in [0.15, 0.2) is 0 Å². The average molecular weight is 272 g/mol. The minimum Gasteiger partial charge on any atom is -0.465 e. The minimum absolute atomic E-state index is 0.254. The number of amides is 1. The van der Waals surface area contributed by atoms with Crippen molar-refractivity contribution in [2.24, 2.45) is 0 Å². The van der Waals surface area contributed by atoms with Crippen LogP contribution in [-0.4, -0.2) is 50.7 Å². The van der Waals surface area contributed by atoms with Gasteiger partial charge in [0.1, 0.15) is 4.99 Å². The maximum absolute atomic E-state index is 11.4. The number of carbonyl (C=O) groups is 1. The van der Waals surface area contributed by atoms with Gasteiger partial charge in [-0.3, -0.25) is 4.90 Å². The zero-order chi connectivity index (χ0) is 13.9. The Balaban J connectivity index is 2.79. The molecule has 0 bridgehead atoms. The molecular weight excluding hydrogens is 248 g/mol. The van der Waals surface area contributed by atoms with Crippen molar-refractivity contribution in [3.63, 3.8) is 0 Å². The van der Waals surface area contributed by atoms with Crippen LogP contribution >= 0.6 is 12.2 Å².